The van der Waals surface area contributed by atoms with Gasteiger partial charge in [-0.15, -0.1) is 0 Å². The average molecular weight is 377 g/mol. The second kappa shape index (κ2) is 6.68. The Labute approximate surface area is 148 Å². The van der Waals surface area contributed by atoms with Crippen molar-refractivity contribution in [2.24, 2.45) is 7.05 Å². The van der Waals surface area contributed by atoms with Crippen molar-refractivity contribution in [2.75, 3.05) is 0 Å². The van der Waals surface area contributed by atoms with E-state index in [-0.39, 0.29) is 16.4 Å². The van der Waals surface area contributed by atoms with E-state index in [1.54, 1.807) is 6.07 Å². The molecule has 0 spiro atoms. The SMILES string of the molecule is Cn1cc(C(=O)NS(=O)(=O)c2ccccc2)nc1-c1c(F)cccc1F. The number of aromatic nitrogens is 2. The zero-order chi connectivity index (χ0) is 18.9. The molecular formula is C17H13F2N3O3S. The summed E-state index contributed by atoms with van der Waals surface area (Å²) in [6, 6.07) is 10.6. The molecule has 0 fully saturated rings. The molecule has 9 heteroatoms. The number of hydrogen-bond donors (Lipinski definition) is 1. The number of benzene rings is 2. The standard InChI is InChI=1S/C17H13F2N3O3S/c1-22-10-14(20-16(22)15-12(18)8-5-9-13(15)19)17(23)21-26(24,25)11-6-3-2-4-7-11/h2-10H,1H3,(H,21,23). The monoisotopic (exact) mass is 377 g/mol. The van der Waals surface area contributed by atoms with Gasteiger partial charge in [-0.25, -0.2) is 26.9 Å². The van der Waals surface area contributed by atoms with Gasteiger partial charge in [-0.3, -0.25) is 4.79 Å². The molecule has 0 atom stereocenters. The summed E-state index contributed by atoms with van der Waals surface area (Å²) < 4.78 is 55.4. The fourth-order valence-electron chi connectivity index (χ4n) is 2.35. The summed E-state index contributed by atoms with van der Waals surface area (Å²) in [5, 5.41) is 0. The molecule has 0 aliphatic rings. The van der Waals surface area contributed by atoms with E-state index in [2.05, 4.69) is 4.98 Å². The molecule has 0 aliphatic heterocycles. The van der Waals surface area contributed by atoms with Crippen molar-refractivity contribution < 1.29 is 22.0 Å². The minimum absolute atomic E-state index is 0.0929. The van der Waals surface area contributed by atoms with Crippen LogP contribution in [0, 0.1) is 11.6 Å². The molecule has 2 aromatic carbocycles. The number of aryl methyl sites for hydroxylation is 1. The smallest absolute Gasteiger partial charge is 0.285 e. The molecule has 0 radical (unpaired) electrons. The summed E-state index contributed by atoms with van der Waals surface area (Å²) in [6.45, 7) is 0. The van der Waals surface area contributed by atoms with Gasteiger partial charge in [0.05, 0.1) is 10.5 Å². The van der Waals surface area contributed by atoms with Crippen molar-refractivity contribution in [3.63, 3.8) is 0 Å². The molecule has 1 amide bonds. The Kier molecular flexibility index (Phi) is 4.56. The highest BCUT2D eigenvalue weighted by Gasteiger charge is 2.23. The number of nitrogens with one attached hydrogen (secondary N) is 1. The lowest BCUT2D eigenvalue weighted by Gasteiger charge is -2.05. The van der Waals surface area contributed by atoms with Crippen molar-refractivity contribution in [1.29, 1.82) is 0 Å². The first-order valence-corrected chi connectivity index (χ1v) is 8.88. The van der Waals surface area contributed by atoms with Gasteiger partial charge in [0.2, 0.25) is 0 Å². The first kappa shape index (κ1) is 17.7. The van der Waals surface area contributed by atoms with E-state index in [4.69, 9.17) is 0 Å². The Morgan fingerprint density at radius 1 is 1.04 bits per heavy atom. The molecule has 0 unspecified atom stereocenters. The van der Waals surface area contributed by atoms with E-state index in [1.165, 1.54) is 48.1 Å². The molecular weight excluding hydrogens is 364 g/mol. The van der Waals surface area contributed by atoms with Crippen LogP contribution >= 0.6 is 0 Å². The quantitative estimate of drug-likeness (QED) is 0.757. The van der Waals surface area contributed by atoms with Crippen LogP contribution in [0.1, 0.15) is 10.5 Å². The fourth-order valence-corrected chi connectivity index (χ4v) is 3.33. The lowest BCUT2D eigenvalue weighted by Crippen LogP contribution is -2.30. The Bertz CT molecular complexity index is 1060. The third-order valence-electron chi connectivity index (χ3n) is 3.58. The maximum atomic E-state index is 13.9. The van der Waals surface area contributed by atoms with Crippen LogP contribution in [0.2, 0.25) is 0 Å². The van der Waals surface area contributed by atoms with E-state index in [0.717, 1.165) is 12.1 Å². The minimum atomic E-state index is -4.09. The Hall–Kier alpha value is -3.07. The number of halogens is 2. The normalized spacial score (nSPS) is 11.3. The van der Waals surface area contributed by atoms with E-state index >= 15 is 0 Å². The number of sulfonamides is 1. The van der Waals surface area contributed by atoms with Crippen LogP contribution in [0.4, 0.5) is 8.78 Å². The molecule has 6 nitrogen and oxygen atoms in total. The van der Waals surface area contributed by atoms with Crippen molar-refractivity contribution in [1.82, 2.24) is 14.3 Å². The van der Waals surface area contributed by atoms with Gasteiger partial charge in [0.25, 0.3) is 15.9 Å². The van der Waals surface area contributed by atoms with Crippen LogP contribution in [-0.2, 0) is 17.1 Å². The summed E-state index contributed by atoms with van der Waals surface area (Å²) in [4.78, 5) is 16.0. The third kappa shape index (κ3) is 3.33. The number of carbonyl (C=O) groups is 1. The van der Waals surface area contributed by atoms with E-state index in [9.17, 15) is 22.0 Å². The molecule has 1 heterocycles. The molecule has 1 N–H and O–H groups in total. The highest BCUT2D eigenvalue weighted by atomic mass is 32.2. The van der Waals surface area contributed by atoms with Crippen molar-refractivity contribution in [2.45, 2.75) is 4.90 Å². The van der Waals surface area contributed by atoms with Crippen LogP contribution in [0.3, 0.4) is 0 Å². The van der Waals surface area contributed by atoms with E-state index < -0.39 is 33.1 Å². The molecule has 3 aromatic rings. The minimum Gasteiger partial charge on any atom is -0.333 e. The van der Waals surface area contributed by atoms with E-state index in [1.807, 2.05) is 4.72 Å². The summed E-state index contributed by atoms with van der Waals surface area (Å²) in [6.07, 6.45) is 1.19. The fraction of sp³-hybridized carbons (Fsp3) is 0.0588. The van der Waals surface area contributed by atoms with Crippen LogP contribution in [-0.4, -0.2) is 23.9 Å². The lowest BCUT2D eigenvalue weighted by molar-refractivity contribution is 0.0977. The van der Waals surface area contributed by atoms with Crippen LogP contribution in [0.15, 0.2) is 59.6 Å². The number of carbonyl (C=O) groups excluding carboxylic acids is 1. The van der Waals surface area contributed by atoms with Gasteiger partial charge < -0.3 is 4.57 Å². The zero-order valence-electron chi connectivity index (χ0n) is 13.5. The summed E-state index contributed by atoms with van der Waals surface area (Å²) in [7, 11) is -2.65. The van der Waals surface area contributed by atoms with E-state index in [0.29, 0.717) is 0 Å². The van der Waals surface area contributed by atoms with Gasteiger partial charge in [0.15, 0.2) is 0 Å². The molecule has 0 saturated heterocycles. The van der Waals surface area contributed by atoms with Crippen molar-refractivity contribution in [3.05, 3.63) is 72.1 Å². The van der Waals surface area contributed by atoms with Gasteiger partial charge >= 0.3 is 0 Å². The molecule has 0 bridgehead atoms. The molecule has 0 aliphatic carbocycles. The summed E-state index contributed by atoms with van der Waals surface area (Å²) in [5.74, 6) is -2.83. The Morgan fingerprint density at radius 2 is 1.65 bits per heavy atom. The maximum Gasteiger partial charge on any atom is 0.285 e. The third-order valence-corrected chi connectivity index (χ3v) is 4.92. The number of rotatable bonds is 4. The van der Waals surface area contributed by atoms with Crippen molar-refractivity contribution in [3.8, 4) is 11.4 Å². The second-order valence-electron chi connectivity index (χ2n) is 5.40. The average Bonchev–Trinajstić information content (AvgIpc) is 2.97. The van der Waals surface area contributed by atoms with Gasteiger partial charge in [0, 0.05) is 13.2 Å². The van der Waals surface area contributed by atoms with Crippen LogP contribution < -0.4 is 4.72 Å². The predicted octanol–water partition coefficient (Wildman–Crippen LogP) is 2.48. The summed E-state index contributed by atoms with van der Waals surface area (Å²) >= 11 is 0. The van der Waals surface area contributed by atoms with Gasteiger partial charge in [-0.05, 0) is 24.3 Å². The maximum absolute atomic E-state index is 13.9. The molecule has 1 aromatic heterocycles. The number of hydrogen-bond acceptors (Lipinski definition) is 4. The number of nitrogens with zero attached hydrogens (tertiary/aromatic N) is 2. The number of imidazole rings is 1. The largest absolute Gasteiger partial charge is 0.333 e. The Balaban J connectivity index is 1.93. The molecule has 134 valence electrons. The van der Waals surface area contributed by atoms with Crippen molar-refractivity contribution >= 4 is 15.9 Å². The molecule has 26 heavy (non-hydrogen) atoms. The van der Waals surface area contributed by atoms with Gasteiger partial charge in [-0.1, -0.05) is 24.3 Å². The predicted molar refractivity (Wildman–Crippen MR) is 89.7 cm³/mol. The zero-order valence-corrected chi connectivity index (χ0v) is 14.3. The topological polar surface area (TPSA) is 81.1 Å². The highest BCUT2D eigenvalue weighted by molar-refractivity contribution is 7.90. The van der Waals surface area contributed by atoms with Gasteiger partial charge in [-0.2, -0.15) is 0 Å². The lowest BCUT2D eigenvalue weighted by atomic mass is 10.2. The second-order valence-corrected chi connectivity index (χ2v) is 7.09. The number of amides is 1. The first-order chi connectivity index (χ1) is 12.3. The molecule has 0 saturated carbocycles. The summed E-state index contributed by atoms with van der Waals surface area (Å²) in [5.41, 5.74) is -0.690. The molecule has 3 rings (SSSR count). The highest BCUT2D eigenvalue weighted by Crippen LogP contribution is 2.25. The Morgan fingerprint density at radius 3 is 2.27 bits per heavy atom. The van der Waals surface area contributed by atoms with Gasteiger partial charge in [0.1, 0.15) is 23.2 Å². The van der Waals surface area contributed by atoms with Crippen LogP contribution in [0.5, 0.6) is 0 Å². The van der Waals surface area contributed by atoms with Crippen LogP contribution in [0.25, 0.3) is 11.4 Å². The first-order valence-electron chi connectivity index (χ1n) is 7.39.